The highest BCUT2D eigenvalue weighted by Gasteiger charge is 2.33. The molecule has 1 fully saturated rings. The Hall–Kier alpha value is -2.34. The Morgan fingerprint density at radius 3 is 2.70 bits per heavy atom. The number of aryl methyl sites for hydroxylation is 1. The van der Waals surface area contributed by atoms with Gasteiger partial charge in [0.1, 0.15) is 22.1 Å². The number of halogens is 2. The zero-order chi connectivity index (χ0) is 23.9. The van der Waals surface area contributed by atoms with Crippen LogP contribution in [0.3, 0.4) is 0 Å². The third kappa shape index (κ3) is 4.68. The Morgan fingerprint density at radius 2 is 2.03 bits per heavy atom. The van der Waals surface area contributed by atoms with Crippen molar-refractivity contribution in [2.75, 3.05) is 18.4 Å². The molecule has 0 radical (unpaired) electrons. The molecular formula is C21H22ClFN4O4S2. The van der Waals surface area contributed by atoms with Crippen molar-refractivity contribution in [1.29, 1.82) is 0 Å². The molecule has 1 aliphatic rings. The van der Waals surface area contributed by atoms with Crippen LogP contribution >= 0.6 is 22.9 Å². The third-order valence-electron chi connectivity index (χ3n) is 5.66. The van der Waals surface area contributed by atoms with E-state index in [0.717, 1.165) is 40.9 Å². The number of hydrogen-bond donors (Lipinski definition) is 1. The van der Waals surface area contributed by atoms with Gasteiger partial charge in [0.15, 0.2) is 0 Å². The summed E-state index contributed by atoms with van der Waals surface area (Å²) in [6.45, 7) is 4.12. The number of thiophene rings is 1. The number of hydrogen-bond acceptors (Lipinski definition) is 6. The largest absolute Gasteiger partial charge is 0.323 e. The molecule has 1 saturated heterocycles. The van der Waals surface area contributed by atoms with Crippen LogP contribution in [-0.2, 0) is 21.4 Å². The second-order valence-corrected chi connectivity index (χ2v) is 11.6. The lowest BCUT2D eigenvalue weighted by atomic mass is 10.0. The molecule has 0 bridgehead atoms. The number of carbonyl (C=O) groups excluding carboxylic acids is 1. The zero-order valence-corrected chi connectivity index (χ0v) is 20.4. The van der Waals surface area contributed by atoms with Gasteiger partial charge in [0, 0.05) is 18.0 Å². The number of anilines is 1. The number of nitrogens with one attached hydrogen (secondary N) is 1. The van der Waals surface area contributed by atoms with Crippen LogP contribution in [0.15, 0.2) is 34.2 Å². The number of piperidine rings is 1. The van der Waals surface area contributed by atoms with Crippen molar-refractivity contribution < 1.29 is 17.6 Å². The van der Waals surface area contributed by atoms with Crippen molar-refractivity contribution in [3.63, 3.8) is 0 Å². The summed E-state index contributed by atoms with van der Waals surface area (Å²) in [6.07, 6.45) is 2.73. The molecule has 3 aromatic rings. The lowest BCUT2D eigenvalue weighted by Gasteiger charge is -2.29. The van der Waals surface area contributed by atoms with Crippen LogP contribution in [0.1, 0.15) is 24.6 Å². The highest BCUT2D eigenvalue weighted by molar-refractivity contribution is 7.89. The Bertz CT molecular complexity index is 1400. The summed E-state index contributed by atoms with van der Waals surface area (Å²) in [5.41, 5.74) is -0.423. The fourth-order valence-corrected chi connectivity index (χ4v) is 7.18. The maximum absolute atomic E-state index is 13.4. The van der Waals surface area contributed by atoms with Gasteiger partial charge in [-0.2, -0.15) is 4.31 Å². The number of amides is 1. The average molecular weight is 513 g/mol. The van der Waals surface area contributed by atoms with E-state index in [1.807, 2.05) is 0 Å². The van der Waals surface area contributed by atoms with Crippen LogP contribution < -0.4 is 10.9 Å². The molecule has 1 N–H and O–H groups in total. The van der Waals surface area contributed by atoms with E-state index >= 15 is 0 Å². The summed E-state index contributed by atoms with van der Waals surface area (Å²) in [4.78, 5) is 30.7. The molecule has 12 heteroatoms. The smallest absolute Gasteiger partial charge is 0.263 e. The van der Waals surface area contributed by atoms with E-state index in [1.54, 1.807) is 6.92 Å². The molecule has 0 saturated carbocycles. The molecular weight excluding hydrogens is 491 g/mol. The van der Waals surface area contributed by atoms with Gasteiger partial charge in [0.25, 0.3) is 5.56 Å². The summed E-state index contributed by atoms with van der Waals surface area (Å²) in [5, 5.41) is 2.53. The molecule has 0 aliphatic carbocycles. The first-order valence-electron chi connectivity index (χ1n) is 10.3. The standard InChI is InChI=1S/C21H22ClFN4O4S2/c1-12-5-7-27(8-6-12)33(30,31)19-13(2)32-20-18(19)21(29)26(11-24-20)10-17(28)25-16-4-3-14(23)9-15(16)22/h3-4,9,11-12H,5-8,10H2,1-2H3,(H,25,28). The van der Waals surface area contributed by atoms with Crippen molar-refractivity contribution in [2.24, 2.45) is 5.92 Å². The monoisotopic (exact) mass is 512 g/mol. The molecule has 1 aromatic carbocycles. The van der Waals surface area contributed by atoms with Crippen molar-refractivity contribution in [3.8, 4) is 0 Å². The van der Waals surface area contributed by atoms with Gasteiger partial charge in [-0.3, -0.25) is 14.2 Å². The second kappa shape index (κ2) is 9.13. The van der Waals surface area contributed by atoms with E-state index < -0.39 is 33.9 Å². The highest BCUT2D eigenvalue weighted by atomic mass is 35.5. The maximum atomic E-state index is 13.4. The Labute approximate surface area is 199 Å². The first kappa shape index (κ1) is 23.8. The van der Waals surface area contributed by atoms with Gasteiger partial charge in [-0.1, -0.05) is 18.5 Å². The van der Waals surface area contributed by atoms with Crippen LogP contribution in [0, 0.1) is 18.7 Å². The molecule has 1 amide bonds. The van der Waals surface area contributed by atoms with Gasteiger partial charge in [0.2, 0.25) is 15.9 Å². The van der Waals surface area contributed by atoms with Crippen LogP contribution in [-0.4, -0.2) is 41.3 Å². The SMILES string of the molecule is Cc1sc2ncn(CC(=O)Nc3ccc(F)cc3Cl)c(=O)c2c1S(=O)(=O)N1CCC(C)CC1. The topological polar surface area (TPSA) is 101 Å². The molecule has 1 aliphatic heterocycles. The van der Waals surface area contributed by atoms with Gasteiger partial charge >= 0.3 is 0 Å². The molecule has 3 heterocycles. The van der Waals surface area contributed by atoms with E-state index in [1.165, 1.54) is 16.7 Å². The number of sulfonamides is 1. The molecule has 0 unspecified atom stereocenters. The van der Waals surface area contributed by atoms with Gasteiger partial charge in [0.05, 0.1) is 22.4 Å². The van der Waals surface area contributed by atoms with E-state index in [9.17, 15) is 22.4 Å². The van der Waals surface area contributed by atoms with Crippen LogP contribution in [0.2, 0.25) is 5.02 Å². The normalized spacial score (nSPS) is 15.8. The fraction of sp³-hybridized carbons (Fsp3) is 0.381. The molecule has 0 atom stereocenters. The van der Waals surface area contributed by atoms with Gasteiger partial charge in [-0.05, 0) is 43.9 Å². The van der Waals surface area contributed by atoms with Gasteiger partial charge < -0.3 is 5.32 Å². The predicted molar refractivity (Wildman–Crippen MR) is 126 cm³/mol. The van der Waals surface area contributed by atoms with E-state index in [-0.39, 0.29) is 21.0 Å². The second-order valence-electron chi connectivity index (χ2n) is 8.10. The number of fused-ring (bicyclic) bond motifs is 1. The molecule has 176 valence electrons. The molecule has 4 rings (SSSR count). The van der Waals surface area contributed by atoms with Crippen molar-refractivity contribution >= 4 is 54.8 Å². The molecule has 2 aromatic heterocycles. The van der Waals surface area contributed by atoms with Crippen LogP contribution in [0.25, 0.3) is 10.2 Å². The number of carbonyl (C=O) groups is 1. The minimum absolute atomic E-state index is 0.00811. The maximum Gasteiger partial charge on any atom is 0.263 e. The Kier molecular flexibility index (Phi) is 6.59. The van der Waals surface area contributed by atoms with Crippen molar-refractivity contribution in [3.05, 3.63) is 50.6 Å². The van der Waals surface area contributed by atoms with Crippen molar-refractivity contribution in [1.82, 2.24) is 13.9 Å². The number of rotatable bonds is 5. The summed E-state index contributed by atoms with van der Waals surface area (Å²) >= 11 is 7.07. The minimum Gasteiger partial charge on any atom is -0.323 e. The van der Waals surface area contributed by atoms with Gasteiger partial charge in [-0.25, -0.2) is 17.8 Å². The number of nitrogens with zero attached hydrogens (tertiary/aromatic N) is 3. The number of aromatic nitrogens is 2. The summed E-state index contributed by atoms with van der Waals surface area (Å²) in [6, 6.07) is 3.52. The third-order valence-corrected chi connectivity index (χ3v) is 9.19. The quantitative estimate of drug-likeness (QED) is 0.562. The van der Waals surface area contributed by atoms with Crippen molar-refractivity contribution in [2.45, 2.75) is 38.1 Å². The number of benzene rings is 1. The first-order valence-corrected chi connectivity index (χ1v) is 12.9. The Morgan fingerprint density at radius 1 is 1.33 bits per heavy atom. The van der Waals surface area contributed by atoms with E-state index in [4.69, 9.17) is 11.6 Å². The predicted octanol–water partition coefficient (Wildman–Crippen LogP) is 3.62. The lowest BCUT2D eigenvalue weighted by Crippen LogP contribution is -2.38. The van der Waals surface area contributed by atoms with E-state index in [2.05, 4.69) is 17.2 Å². The van der Waals surface area contributed by atoms with Crippen LogP contribution in [0.5, 0.6) is 0 Å². The molecule has 0 spiro atoms. The minimum atomic E-state index is -3.89. The van der Waals surface area contributed by atoms with Crippen LogP contribution in [0.4, 0.5) is 10.1 Å². The average Bonchev–Trinajstić information content (AvgIpc) is 3.10. The Balaban J connectivity index is 1.67. The van der Waals surface area contributed by atoms with E-state index in [0.29, 0.717) is 28.7 Å². The van der Waals surface area contributed by atoms with Gasteiger partial charge in [-0.15, -0.1) is 11.3 Å². The zero-order valence-electron chi connectivity index (χ0n) is 18.0. The fourth-order valence-electron chi connectivity index (χ4n) is 3.83. The highest BCUT2D eigenvalue weighted by Crippen LogP contribution is 2.34. The summed E-state index contributed by atoms with van der Waals surface area (Å²) in [5.74, 6) is -0.689. The lowest BCUT2D eigenvalue weighted by molar-refractivity contribution is -0.116. The summed E-state index contributed by atoms with van der Waals surface area (Å²) < 4.78 is 42.5. The molecule has 8 nitrogen and oxygen atoms in total. The first-order chi connectivity index (χ1) is 15.6. The molecule has 33 heavy (non-hydrogen) atoms. The summed E-state index contributed by atoms with van der Waals surface area (Å²) in [7, 11) is -3.89.